The highest BCUT2D eigenvalue weighted by atomic mass is 32.1. The summed E-state index contributed by atoms with van der Waals surface area (Å²) in [5.41, 5.74) is -1.06. The molecule has 1 aliphatic heterocycles. The summed E-state index contributed by atoms with van der Waals surface area (Å²) in [5, 5.41) is 11.8. The van der Waals surface area contributed by atoms with E-state index in [-0.39, 0.29) is 11.7 Å². The molecule has 1 atom stereocenters. The average Bonchev–Trinajstić information content (AvgIpc) is 2.87. The molecule has 10 heteroatoms. The van der Waals surface area contributed by atoms with E-state index in [0.29, 0.717) is 30.7 Å². The van der Waals surface area contributed by atoms with Gasteiger partial charge in [-0.2, -0.15) is 13.2 Å². The number of aromatic nitrogens is 1. The summed E-state index contributed by atoms with van der Waals surface area (Å²) in [6, 6.07) is -0.635. The first-order valence-corrected chi connectivity index (χ1v) is 6.97. The highest BCUT2D eigenvalue weighted by molar-refractivity contribution is 7.13. The Labute approximate surface area is 121 Å². The van der Waals surface area contributed by atoms with Crippen molar-refractivity contribution in [1.82, 2.24) is 9.88 Å². The number of urea groups is 1. The smallest absolute Gasteiger partial charge is 0.434 e. The molecule has 2 heterocycles. The standard InChI is InChI=1S/C11H12F3N3O3S/c12-11(13,14)7-5-21-9(15-7)16-10(20)17-3-1-2-6(4-17)8(18)19/h5-6H,1-4H2,(H,18,19)(H,15,16,20). The number of hydrogen-bond donors (Lipinski definition) is 2. The molecule has 1 aliphatic rings. The Bertz CT molecular complexity index is 546. The number of carboxylic acids is 1. The van der Waals surface area contributed by atoms with Gasteiger partial charge in [0.1, 0.15) is 0 Å². The lowest BCUT2D eigenvalue weighted by Crippen LogP contribution is -2.44. The van der Waals surface area contributed by atoms with Crippen LogP contribution in [0.2, 0.25) is 0 Å². The van der Waals surface area contributed by atoms with E-state index in [0.717, 1.165) is 5.38 Å². The van der Waals surface area contributed by atoms with Crippen molar-refractivity contribution in [3.63, 3.8) is 0 Å². The van der Waals surface area contributed by atoms with Gasteiger partial charge in [0.2, 0.25) is 0 Å². The first kappa shape index (κ1) is 15.5. The summed E-state index contributed by atoms with van der Waals surface area (Å²) < 4.78 is 37.2. The lowest BCUT2D eigenvalue weighted by atomic mass is 9.99. The van der Waals surface area contributed by atoms with Crippen LogP contribution in [0, 0.1) is 5.92 Å². The van der Waals surface area contributed by atoms with E-state index in [1.165, 1.54) is 4.90 Å². The molecule has 1 fully saturated rings. The number of anilines is 1. The number of rotatable bonds is 2. The van der Waals surface area contributed by atoms with Crippen molar-refractivity contribution in [1.29, 1.82) is 0 Å². The van der Waals surface area contributed by atoms with E-state index in [1.807, 2.05) is 0 Å². The molecule has 21 heavy (non-hydrogen) atoms. The van der Waals surface area contributed by atoms with Crippen LogP contribution >= 0.6 is 11.3 Å². The lowest BCUT2D eigenvalue weighted by Gasteiger charge is -2.30. The largest absolute Gasteiger partial charge is 0.481 e. The van der Waals surface area contributed by atoms with Gasteiger partial charge in [-0.1, -0.05) is 0 Å². The summed E-state index contributed by atoms with van der Waals surface area (Å²) in [6.45, 7) is 0.409. The molecule has 116 valence electrons. The fourth-order valence-electron chi connectivity index (χ4n) is 2.00. The molecule has 1 unspecified atom stereocenters. The van der Waals surface area contributed by atoms with Crippen LogP contribution in [0.25, 0.3) is 0 Å². The Morgan fingerprint density at radius 3 is 2.76 bits per heavy atom. The van der Waals surface area contributed by atoms with Crippen LogP contribution in [0.3, 0.4) is 0 Å². The summed E-state index contributed by atoms with van der Waals surface area (Å²) in [6.07, 6.45) is -3.54. The number of carbonyl (C=O) groups is 2. The molecule has 6 nitrogen and oxygen atoms in total. The molecule has 0 spiro atoms. The number of thiazole rings is 1. The fourth-order valence-corrected chi connectivity index (χ4v) is 2.70. The molecule has 2 rings (SSSR count). The van der Waals surface area contributed by atoms with Gasteiger partial charge >= 0.3 is 18.2 Å². The highest BCUT2D eigenvalue weighted by Crippen LogP contribution is 2.31. The van der Waals surface area contributed by atoms with Gasteiger partial charge in [0.05, 0.1) is 5.92 Å². The van der Waals surface area contributed by atoms with Gasteiger partial charge in [-0.05, 0) is 12.8 Å². The van der Waals surface area contributed by atoms with Crippen molar-refractivity contribution in [3.05, 3.63) is 11.1 Å². The molecular weight excluding hydrogens is 311 g/mol. The zero-order valence-corrected chi connectivity index (χ0v) is 11.5. The van der Waals surface area contributed by atoms with E-state index >= 15 is 0 Å². The Kier molecular flexibility index (Phi) is 4.35. The number of nitrogens with one attached hydrogen (secondary N) is 1. The van der Waals surface area contributed by atoms with E-state index in [1.54, 1.807) is 0 Å². The predicted molar refractivity (Wildman–Crippen MR) is 68.1 cm³/mol. The molecule has 2 amide bonds. The van der Waals surface area contributed by atoms with Gasteiger partial charge in [0, 0.05) is 18.5 Å². The molecule has 1 aromatic rings. The minimum Gasteiger partial charge on any atom is -0.481 e. The number of nitrogens with zero attached hydrogens (tertiary/aromatic N) is 2. The monoisotopic (exact) mass is 323 g/mol. The van der Waals surface area contributed by atoms with Crippen molar-refractivity contribution in [2.75, 3.05) is 18.4 Å². The van der Waals surface area contributed by atoms with E-state index in [4.69, 9.17) is 5.11 Å². The lowest BCUT2D eigenvalue weighted by molar-refractivity contribution is -0.143. The Morgan fingerprint density at radius 1 is 1.48 bits per heavy atom. The number of halogens is 3. The number of carbonyl (C=O) groups excluding carboxylic acids is 1. The summed E-state index contributed by atoms with van der Waals surface area (Å²) >= 11 is 0.670. The van der Waals surface area contributed by atoms with Crippen molar-refractivity contribution in [3.8, 4) is 0 Å². The number of aliphatic carboxylic acids is 1. The van der Waals surface area contributed by atoms with Crippen LogP contribution < -0.4 is 5.32 Å². The van der Waals surface area contributed by atoms with E-state index in [9.17, 15) is 22.8 Å². The average molecular weight is 323 g/mol. The van der Waals surface area contributed by atoms with Gasteiger partial charge in [-0.3, -0.25) is 10.1 Å². The van der Waals surface area contributed by atoms with Crippen LogP contribution in [-0.4, -0.2) is 40.1 Å². The van der Waals surface area contributed by atoms with Gasteiger partial charge < -0.3 is 10.0 Å². The number of piperidine rings is 1. The second kappa shape index (κ2) is 5.88. The number of likely N-dealkylation sites (tertiary alicyclic amines) is 1. The molecule has 0 radical (unpaired) electrons. The van der Waals surface area contributed by atoms with Crippen molar-refractivity contribution in [2.24, 2.45) is 5.92 Å². The van der Waals surface area contributed by atoms with Crippen LogP contribution in [0.4, 0.5) is 23.1 Å². The van der Waals surface area contributed by atoms with Crippen molar-refractivity contribution in [2.45, 2.75) is 19.0 Å². The fraction of sp³-hybridized carbons (Fsp3) is 0.545. The third-order valence-corrected chi connectivity index (χ3v) is 3.82. The minimum atomic E-state index is -4.56. The Morgan fingerprint density at radius 2 is 2.19 bits per heavy atom. The Balaban J connectivity index is 1.98. The molecule has 0 aromatic carbocycles. The zero-order chi connectivity index (χ0) is 15.6. The molecule has 1 saturated heterocycles. The molecule has 2 N–H and O–H groups in total. The molecule has 0 saturated carbocycles. The maximum Gasteiger partial charge on any atom is 0.434 e. The van der Waals surface area contributed by atoms with Crippen molar-refractivity contribution < 1.29 is 27.9 Å². The normalized spacial score (nSPS) is 19.4. The van der Waals surface area contributed by atoms with Gasteiger partial charge in [-0.15, -0.1) is 11.3 Å². The third kappa shape index (κ3) is 3.84. The van der Waals surface area contributed by atoms with E-state index in [2.05, 4.69) is 10.3 Å². The second-order valence-corrected chi connectivity index (χ2v) is 5.45. The Hall–Kier alpha value is -1.84. The van der Waals surface area contributed by atoms with Gasteiger partial charge in [0.15, 0.2) is 10.8 Å². The molecule has 0 aliphatic carbocycles. The van der Waals surface area contributed by atoms with Crippen molar-refractivity contribution >= 4 is 28.5 Å². The number of carboxylic acid groups (broad SMARTS) is 1. The zero-order valence-electron chi connectivity index (χ0n) is 10.7. The number of alkyl halides is 3. The van der Waals surface area contributed by atoms with Crippen LogP contribution in [0.5, 0.6) is 0 Å². The maximum absolute atomic E-state index is 12.4. The van der Waals surface area contributed by atoms with Crippen LogP contribution in [-0.2, 0) is 11.0 Å². The predicted octanol–water partition coefficient (Wildman–Crippen LogP) is 2.49. The minimum absolute atomic E-state index is 0.0403. The molecular formula is C11H12F3N3O3S. The van der Waals surface area contributed by atoms with Gasteiger partial charge in [0.25, 0.3) is 0 Å². The first-order chi connectivity index (χ1) is 9.77. The molecule has 0 bridgehead atoms. The van der Waals surface area contributed by atoms with Crippen LogP contribution in [0.15, 0.2) is 5.38 Å². The number of amides is 2. The summed E-state index contributed by atoms with van der Waals surface area (Å²) in [7, 11) is 0. The van der Waals surface area contributed by atoms with Gasteiger partial charge in [-0.25, -0.2) is 9.78 Å². The molecule has 1 aromatic heterocycles. The quantitative estimate of drug-likeness (QED) is 0.876. The topological polar surface area (TPSA) is 82.5 Å². The maximum atomic E-state index is 12.4. The van der Waals surface area contributed by atoms with Crippen LogP contribution in [0.1, 0.15) is 18.5 Å². The second-order valence-electron chi connectivity index (χ2n) is 4.59. The summed E-state index contributed by atoms with van der Waals surface area (Å²) in [5.74, 6) is -1.63. The number of hydrogen-bond acceptors (Lipinski definition) is 4. The first-order valence-electron chi connectivity index (χ1n) is 6.09. The summed E-state index contributed by atoms with van der Waals surface area (Å²) in [4.78, 5) is 27.4. The third-order valence-electron chi connectivity index (χ3n) is 3.07. The SMILES string of the molecule is O=C(O)C1CCCN(C(=O)Nc2nc(C(F)(F)F)cs2)C1. The van der Waals surface area contributed by atoms with E-state index < -0.39 is 29.8 Å². The highest BCUT2D eigenvalue weighted by Gasteiger charge is 2.34.